The van der Waals surface area contributed by atoms with Gasteiger partial charge in [0.15, 0.2) is 0 Å². The fourth-order valence-corrected chi connectivity index (χ4v) is 1.85. The molecule has 0 spiro atoms. The standard InChI is InChI=1S/C13H16N2O2/c1-9(8-16)14-13(17)12-7-10-5-3-4-6-11(10)15(12)2/h3-7,9,16H,8H2,1-2H3,(H,14,17). The van der Waals surface area contributed by atoms with Crippen LogP contribution >= 0.6 is 0 Å². The maximum atomic E-state index is 12.0. The number of benzene rings is 1. The van der Waals surface area contributed by atoms with E-state index in [0.29, 0.717) is 5.69 Å². The molecule has 0 radical (unpaired) electrons. The molecule has 4 nitrogen and oxygen atoms in total. The summed E-state index contributed by atoms with van der Waals surface area (Å²) in [6.07, 6.45) is 0. The largest absolute Gasteiger partial charge is 0.394 e. The predicted molar refractivity (Wildman–Crippen MR) is 66.9 cm³/mol. The normalized spacial score (nSPS) is 12.6. The quantitative estimate of drug-likeness (QED) is 0.837. The number of aliphatic hydroxyl groups is 1. The number of aromatic nitrogens is 1. The Bertz CT molecular complexity index is 545. The molecule has 1 atom stereocenters. The molecule has 1 amide bonds. The molecule has 0 fully saturated rings. The second kappa shape index (κ2) is 4.59. The second-order valence-electron chi connectivity index (χ2n) is 4.20. The lowest BCUT2D eigenvalue weighted by Crippen LogP contribution is -2.35. The molecule has 4 heteroatoms. The molecule has 1 heterocycles. The van der Waals surface area contributed by atoms with E-state index in [-0.39, 0.29) is 18.6 Å². The average molecular weight is 232 g/mol. The summed E-state index contributed by atoms with van der Waals surface area (Å²) < 4.78 is 1.86. The van der Waals surface area contributed by atoms with Gasteiger partial charge in [0.2, 0.25) is 0 Å². The van der Waals surface area contributed by atoms with Gasteiger partial charge < -0.3 is 15.0 Å². The van der Waals surface area contributed by atoms with Crippen LogP contribution in [0.1, 0.15) is 17.4 Å². The van der Waals surface area contributed by atoms with Crippen molar-refractivity contribution in [2.45, 2.75) is 13.0 Å². The summed E-state index contributed by atoms with van der Waals surface area (Å²) in [7, 11) is 1.86. The maximum absolute atomic E-state index is 12.0. The number of fused-ring (bicyclic) bond motifs is 1. The summed E-state index contributed by atoms with van der Waals surface area (Å²) in [6.45, 7) is 1.70. The third-order valence-electron chi connectivity index (χ3n) is 2.84. The van der Waals surface area contributed by atoms with Gasteiger partial charge in [0.05, 0.1) is 6.61 Å². The van der Waals surface area contributed by atoms with Crippen molar-refractivity contribution in [3.63, 3.8) is 0 Å². The van der Waals surface area contributed by atoms with Gasteiger partial charge in [-0.1, -0.05) is 18.2 Å². The predicted octanol–water partition coefficient (Wildman–Crippen LogP) is 1.29. The minimum atomic E-state index is -0.236. The van der Waals surface area contributed by atoms with Crippen molar-refractivity contribution < 1.29 is 9.90 Å². The zero-order chi connectivity index (χ0) is 12.4. The van der Waals surface area contributed by atoms with E-state index in [1.54, 1.807) is 6.92 Å². The molecule has 17 heavy (non-hydrogen) atoms. The summed E-state index contributed by atoms with van der Waals surface area (Å²) in [5.41, 5.74) is 1.63. The number of nitrogens with one attached hydrogen (secondary N) is 1. The molecule has 0 aliphatic heterocycles. The van der Waals surface area contributed by atoms with Crippen LogP contribution in [0.2, 0.25) is 0 Å². The fourth-order valence-electron chi connectivity index (χ4n) is 1.85. The number of hydrogen-bond acceptors (Lipinski definition) is 2. The topological polar surface area (TPSA) is 54.3 Å². The minimum Gasteiger partial charge on any atom is -0.394 e. The molecule has 0 aliphatic rings. The molecule has 2 N–H and O–H groups in total. The molecule has 2 rings (SSSR count). The number of amides is 1. The van der Waals surface area contributed by atoms with Crippen molar-refractivity contribution in [3.8, 4) is 0 Å². The first-order valence-corrected chi connectivity index (χ1v) is 5.59. The Labute approximate surface area is 99.9 Å². The highest BCUT2D eigenvalue weighted by Crippen LogP contribution is 2.18. The van der Waals surface area contributed by atoms with E-state index in [1.807, 2.05) is 41.9 Å². The molecule has 2 aromatic rings. The van der Waals surface area contributed by atoms with Gasteiger partial charge in [-0.15, -0.1) is 0 Å². The molecule has 1 unspecified atom stereocenters. The first-order valence-electron chi connectivity index (χ1n) is 5.59. The van der Waals surface area contributed by atoms with Gasteiger partial charge in [-0.25, -0.2) is 0 Å². The monoisotopic (exact) mass is 232 g/mol. The van der Waals surface area contributed by atoms with Gasteiger partial charge in [0.25, 0.3) is 5.91 Å². The smallest absolute Gasteiger partial charge is 0.268 e. The molecule has 90 valence electrons. The van der Waals surface area contributed by atoms with Crippen LogP contribution in [-0.2, 0) is 7.05 Å². The lowest BCUT2D eigenvalue weighted by atomic mass is 10.2. The van der Waals surface area contributed by atoms with Crippen LogP contribution in [0.25, 0.3) is 10.9 Å². The first-order chi connectivity index (χ1) is 8.13. The molecule has 0 saturated heterocycles. The van der Waals surface area contributed by atoms with E-state index in [4.69, 9.17) is 5.11 Å². The third kappa shape index (κ3) is 2.17. The van der Waals surface area contributed by atoms with Gasteiger partial charge in [0, 0.05) is 24.0 Å². The van der Waals surface area contributed by atoms with Gasteiger partial charge >= 0.3 is 0 Å². The van der Waals surface area contributed by atoms with E-state index in [2.05, 4.69) is 5.32 Å². The average Bonchev–Trinajstić information content (AvgIpc) is 2.67. The van der Waals surface area contributed by atoms with Gasteiger partial charge in [-0.05, 0) is 19.1 Å². The van der Waals surface area contributed by atoms with E-state index in [1.165, 1.54) is 0 Å². The van der Waals surface area contributed by atoms with Crippen LogP contribution in [0, 0.1) is 0 Å². The van der Waals surface area contributed by atoms with E-state index >= 15 is 0 Å². The molecular formula is C13H16N2O2. The Hall–Kier alpha value is -1.81. The minimum absolute atomic E-state index is 0.0598. The number of nitrogens with zero attached hydrogens (tertiary/aromatic N) is 1. The number of para-hydroxylation sites is 1. The van der Waals surface area contributed by atoms with Crippen molar-refractivity contribution in [3.05, 3.63) is 36.0 Å². The number of hydrogen-bond donors (Lipinski definition) is 2. The highest BCUT2D eigenvalue weighted by molar-refractivity contribution is 5.98. The number of carbonyl (C=O) groups excluding carboxylic acids is 1. The van der Waals surface area contributed by atoms with E-state index < -0.39 is 0 Å². The van der Waals surface area contributed by atoms with Crippen LogP contribution in [0.4, 0.5) is 0 Å². The Morgan fingerprint density at radius 2 is 2.18 bits per heavy atom. The first kappa shape index (κ1) is 11.7. The summed E-state index contributed by atoms with van der Waals surface area (Å²) in [4.78, 5) is 12.0. The van der Waals surface area contributed by atoms with Crippen molar-refractivity contribution in [2.24, 2.45) is 7.05 Å². The Morgan fingerprint density at radius 3 is 2.82 bits per heavy atom. The van der Waals surface area contributed by atoms with Gasteiger partial charge in [0.1, 0.15) is 5.69 Å². The van der Waals surface area contributed by atoms with Crippen molar-refractivity contribution in [1.29, 1.82) is 0 Å². The number of carbonyl (C=O) groups is 1. The zero-order valence-corrected chi connectivity index (χ0v) is 9.97. The summed E-state index contributed by atoms with van der Waals surface area (Å²) in [5.74, 6) is -0.162. The Morgan fingerprint density at radius 1 is 1.47 bits per heavy atom. The summed E-state index contributed by atoms with van der Waals surface area (Å²) in [6, 6.07) is 9.46. The lowest BCUT2D eigenvalue weighted by molar-refractivity contribution is 0.0914. The molecule has 0 saturated carbocycles. The molecule has 1 aromatic heterocycles. The van der Waals surface area contributed by atoms with Crippen LogP contribution in [0.5, 0.6) is 0 Å². The second-order valence-corrected chi connectivity index (χ2v) is 4.20. The molecule has 1 aromatic carbocycles. The summed E-state index contributed by atoms with van der Waals surface area (Å²) in [5, 5.41) is 12.7. The van der Waals surface area contributed by atoms with Crippen LogP contribution in [0.15, 0.2) is 30.3 Å². The SMILES string of the molecule is CC(CO)NC(=O)c1cc2ccccc2n1C. The third-order valence-corrected chi connectivity index (χ3v) is 2.84. The number of rotatable bonds is 3. The molecular weight excluding hydrogens is 216 g/mol. The Balaban J connectivity index is 2.35. The van der Waals surface area contributed by atoms with Crippen molar-refractivity contribution >= 4 is 16.8 Å². The highest BCUT2D eigenvalue weighted by atomic mass is 16.3. The van der Waals surface area contributed by atoms with Gasteiger partial charge in [-0.2, -0.15) is 0 Å². The lowest BCUT2D eigenvalue weighted by Gasteiger charge is -2.11. The van der Waals surface area contributed by atoms with Crippen molar-refractivity contribution in [2.75, 3.05) is 6.61 Å². The van der Waals surface area contributed by atoms with Crippen molar-refractivity contribution in [1.82, 2.24) is 9.88 Å². The number of aliphatic hydroxyl groups excluding tert-OH is 1. The van der Waals surface area contributed by atoms with Crippen LogP contribution in [-0.4, -0.2) is 28.2 Å². The molecule has 0 aliphatic carbocycles. The zero-order valence-electron chi connectivity index (χ0n) is 9.97. The maximum Gasteiger partial charge on any atom is 0.268 e. The van der Waals surface area contributed by atoms with Crippen LogP contribution < -0.4 is 5.32 Å². The number of aryl methyl sites for hydroxylation is 1. The molecule has 0 bridgehead atoms. The summed E-state index contributed by atoms with van der Waals surface area (Å²) >= 11 is 0. The highest BCUT2D eigenvalue weighted by Gasteiger charge is 2.14. The Kier molecular flexibility index (Phi) is 3.15. The van der Waals surface area contributed by atoms with Gasteiger partial charge in [-0.3, -0.25) is 4.79 Å². The fraction of sp³-hybridized carbons (Fsp3) is 0.308. The van der Waals surface area contributed by atoms with E-state index in [0.717, 1.165) is 10.9 Å². The van der Waals surface area contributed by atoms with E-state index in [9.17, 15) is 4.79 Å². The van der Waals surface area contributed by atoms with Crippen LogP contribution in [0.3, 0.4) is 0 Å².